The van der Waals surface area contributed by atoms with Crippen molar-refractivity contribution in [2.75, 3.05) is 34.2 Å². The third-order valence-electron chi connectivity index (χ3n) is 6.62. The van der Waals surface area contributed by atoms with Crippen molar-refractivity contribution in [3.63, 3.8) is 0 Å². The van der Waals surface area contributed by atoms with Gasteiger partial charge in [0.15, 0.2) is 0 Å². The van der Waals surface area contributed by atoms with Crippen LogP contribution in [0.25, 0.3) is 0 Å². The minimum atomic E-state index is 0.0333. The molecule has 28 heavy (non-hydrogen) atoms. The van der Waals surface area contributed by atoms with Crippen LogP contribution in [0.3, 0.4) is 0 Å². The number of carbonyl (C=O) groups excluding carboxylic acids is 1. The molecule has 0 radical (unpaired) electrons. The Morgan fingerprint density at radius 2 is 1.43 bits per heavy atom. The highest BCUT2D eigenvalue weighted by atomic mass is 16.1. The largest absolute Gasteiger partial charge is 0.358 e. The molecule has 3 rings (SSSR count). The van der Waals surface area contributed by atoms with Crippen molar-refractivity contribution >= 4 is 5.91 Å². The van der Waals surface area contributed by atoms with Gasteiger partial charge < -0.3 is 10.6 Å². The van der Waals surface area contributed by atoms with E-state index < -0.39 is 0 Å². The lowest BCUT2D eigenvalue weighted by Gasteiger charge is -2.50. The Balaban J connectivity index is 1.85. The van der Waals surface area contributed by atoms with Gasteiger partial charge >= 0.3 is 0 Å². The maximum atomic E-state index is 11.7. The molecule has 0 heterocycles. The first kappa shape index (κ1) is 20.6. The van der Waals surface area contributed by atoms with Gasteiger partial charge in [-0.25, -0.2) is 0 Å². The molecule has 1 saturated carbocycles. The molecule has 1 amide bonds. The van der Waals surface area contributed by atoms with Crippen molar-refractivity contribution in [2.24, 2.45) is 0 Å². The van der Waals surface area contributed by atoms with Gasteiger partial charge in [-0.1, -0.05) is 60.7 Å². The van der Waals surface area contributed by atoms with Gasteiger partial charge in [-0.15, -0.1) is 0 Å². The van der Waals surface area contributed by atoms with Gasteiger partial charge in [0.1, 0.15) is 0 Å². The lowest BCUT2D eigenvalue weighted by molar-refractivity contribution is -0.119. The molecular formula is C24H33N3O. The summed E-state index contributed by atoms with van der Waals surface area (Å²) >= 11 is 0. The van der Waals surface area contributed by atoms with E-state index in [2.05, 4.69) is 90.3 Å². The number of nitrogens with zero attached hydrogens (tertiary/aromatic N) is 1. The monoisotopic (exact) mass is 379 g/mol. The minimum absolute atomic E-state index is 0.0333. The highest BCUT2D eigenvalue weighted by Gasteiger charge is 2.45. The zero-order valence-electron chi connectivity index (χ0n) is 17.4. The van der Waals surface area contributed by atoms with Crippen LogP contribution in [0.4, 0.5) is 0 Å². The van der Waals surface area contributed by atoms with E-state index in [1.54, 1.807) is 7.05 Å². The SMILES string of the molecule is CNC(=O)CNCC1(c2ccccc2)CCC(c2ccccc2)(N(C)C)CC1. The van der Waals surface area contributed by atoms with Crippen LogP contribution in [0.15, 0.2) is 60.7 Å². The Kier molecular flexibility index (Phi) is 6.53. The molecule has 4 nitrogen and oxygen atoms in total. The molecular weight excluding hydrogens is 346 g/mol. The average Bonchev–Trinajstić information content (AvgIpc) is 2.75. The molecule has 1 aliphatic rings. The lowest BCUT2D eigenvalue weighted by atomic mass is 9.62. The average molecular weight is 380 g/mol. The fraction of sp³-hybridized carbons (Fsp3) is 0.458. The van der Waals surface area contributed by atoms with E-state index in [9.17, 15) is 4.79 Å². The molecule has 2 aromatic rings. The molecule has 4 heteroatoms. The van der Waals surface area contributed by atoms with Crippen molar-refractivity contribution in [1.29, 1.82) is 0 Å². The van der Waals surface area contributed by atoms with E-state index in [4.69, 9.17) is 0 Å². The van der Waals surface area contributed by atoms with E-state index in [1.807, 2.05) is 0 Å². The van der Waals surface area contributed by atoms with E-state index in [1.165, 1.54) is 11.1 Å². The van der Waals surface area contributed by atoms with Crippen molar-refractivity contribution in [1.82, 2.24) is 15.5 Å². The van der Waals surface area contributed by atoms with E-state index in [0.29, 0.717) is 6.54 Å². The van der Waals surface area contributed by atoms with Crippen LogP contribution in [0.5, 0.6) is 0 Å². The van der Waals surface area contributed by atoms with Gasteiger partial charge in [-0.3, -0.25) is 9.69 Å². The minimum Gasteiger partial charge on any atom is -0.358 e. The summed E-state index contributed by atoms with van der Waals surface area (Å²) in [4.78, 5) is 14.1. The molecule has 2 aromatic carbocycles. The quantitative estimate of drug-likeness (QED) is 0.776. The van der Waals surface area contributed by atoms with Crippen LogP contribution < -0.4 is 10.6 Å². The molecule has 0 aliphatic heterocycles. The van der Waals surface area contributed by atoms with Gasteiger partial charge in [0.05, 0.1) is 6.54 Å². The molecule has 0 atom stereocenters. The zero-order chi connectivity index (χ0) is 20.0. The van der Waals surface area contributed by atoms with Crippen LogP contribution in [0.1, 0.15) is 36.8 Å². The van der Waals surface area contributed by atoms with Crippen molar-refractivity contribution in [2.45, 2.75) is 36.6 Å². The fourth-order valence-corrected chi connectivity index (χ4v) is 4.75. The van der Waals surface area contributed by atoms with E-state index >= 15 is 0 Å². The van der Waals surface area contributed by atoms with Crippen LogP contribution in [-0.4, -0.2) is 45.0 Å². The summed E-state index contributed by atoms with van der Waals surface area (Å²) < 4.78 is 0. The predicted octanol–water partition coefficient (Wildman–Crippen LogP) is 3.29. The Morgan fingerprint density at radius 1 is 0.893 bits per heavy atom. The second-order valence-electron chi connectivity index (χ2n) is 8.22. The summed E-state index contributed by atoms with van der Waals surface area (Å²) in [6.45, 7) is 1.19. The lowest BCUT2D eigenvalue weighted by Crippen LogP contribution is -2.51. The highest BCUT2D eigenvalue weighted by Crippen LogP contribution is 2.49. The van der Waals surface area contributed by atoms with Crippen LogP contribution in [0.2, 0.25) is 0 Å². The van der Waals surface area contributed by atoms with Crippen LogP contribution in [-0.2, 0) is 15.7 Å². The van der Waals surface area contributed by atoms with Gasteiger partial charge in [0.2, 0.25) is 5.91 Å². The standard InChI is InChI=1S/C24H33N3O/c1-25-22(28)18-26-19-23(20-10-6-4-7-11-20)14-16-24(17-15-23,27(2)3)21-12-8-5-9-13-21/h4-13,26H,14-19H2,1-3H3,(H,25,28). The highest BCUT2D eigenvalue weighted by molar-refractivity contribution is 5.77. The van der Waals surface area contributed by atoms with Gasteiger partial charge in [0.25, 0.3) is 0 Å². The first-order valence-corrected chi connectivity index (χ1v) is 10.2. The van der Waals surface area contributed by atoms with E-state index in [-0.39, 0.29) is 16.9 Å². The Labute approximate surface area is 169 Å². The van der Waals surface area contributed by atoms with Crippen LogP contribution in [0, 0.1) is 0 Å². The molecule has 0 aromatic heterocycles. The molecule has 0 spiro atoms. The first-order valence-electron chi connectivity index (χ1n) is 10.2. The molecule has 150 valence electrons. The molecule has 0 unspecified atom stereocenters. The maximum Gasteiger partial charge on any atom is 0.233 e. The van der Waals surface area contributed by atoms with Gasteiger partial charge in [0, 0.05) is 24.5 Å². The number of hydrogen-bond acceptors (Lipinski definition) is 3. The van der Waals surface area contributed by atoms with Crippen molar-refractivity contribution in [3.8, 4) is 0 Å². The normalized spacial score (nSPS) is 24.9. The summed E-state index contributed by atoms with van der Waals surface area (Å²) in [5.41, 5.74) is 2.91. The smallest absolute Gasteiger partial charge is 0.233 e. The maximum absolute atomic E-state index is 11.7. The number of rotatable bonds is 7. The number of amides is 1. The van der Waals surface area contributed by atoms with Crippen LogP contribution >= 0.6 is 0 Å². The molecule has 0 saturated heterocycles. The Morgan fingerprint density at radius 3 is 1.93 bits per heavy atom. The second kappa shape index (κ2) is 8.89. The third kappa shape index (κ3) is 4.13. The summed E-state index contributed by atoms with van der Waals surface area (Å²) in [6, 6.07) is 21.7. The number of hydrogen-bond donors (Lipinski definition) is 2. The molecule has 1 aliphatic carbocycles. The summed E-state index contributed by atoms with van der Waals surface area (Å²) in [5.74, 6) is 0.0333. The van der Waals surface area contributed by atoms with Gasteiger partial charge in [-0.2, -0.15) is 0 Å². The Bertz CT molecular complexity index is 750. The Hall–Kier alpha value is -2.17. The number of benzene rings is 2. The fourth-order valence-electron chi connectivity index (χ4n) is 4.75. The van der Waals surface area contributed by atoms with Gasteiger partial charge in [-0.05, 0) is 50.9 Å². The number of likely N-dealkylation sites (N-methyl/N-ethyl adjacent to an activating group) is 1. The van der Waals surface area contributed by atoms with Crippen molar-refractivity contribution in [3.05, 3.63) is 71.8 Å². The topological polar surface area (TPSA) is 44.4 Å². The number of nitrogens with one attached hydrogen (secondary N) is 2. The van der Waals surface area contributed by atoms with Crippen molar-refractivity contribution < 1.29 is 4.79 Å². The zero-order valence-corrected chi connectivity index (χ0v) is 17.4. The molecule has 1 fully saturated rings. The first-order chi connectivity index (χ1) is 13.5. The molecule has 2 N–H and O–H groups in total. The summed E-state index contributed by atoms with van der Waals surface area (Å²) in [6.07, 6.45) is 4.37. The second-order valence-corrected chi connectivity index (χ2v) is 8.22. The summed E-state index contributed by atoms with van der Waals surface area (Å²) in [7, 11) is 6.08. The molecule has 0 bridgehead atoms. The third-order valence-corrected chi connectivity index (χ3v) is 6.62. The van der Waals surface area contributed by atoms with E-state index in [0.717, 1.165) is 32.2 Å². The predicted molar refractivity (Wildman–Crippen MR) is 115 cm³/mol. The summed E-state index contributed by atoms with van der Waals surface area (Å²) in [5, 5.41) is 6.11. The number of carbonyl (C=O) groups is 1.